The lowest BCUT2D eigenvalue weighted by Crippen LogP contribution is -2.20. The number of ether oxygens (including phenoxy) is 1. The summed E-state index contributed by atoms with van der Waals surface area (Å²) in [6.07, 6.45) is 9.56. The Morgan fingerprint density at radius 2 is 2.00 bits per heavy atom. The molecule has 2 fully saturated rings. The molecule has 0 bridgehead atoms. The van der Waals surface area contributed by atoms with Gasteiger partial charge in [-0.25, -0.2) is 4.98 Å². The summed E-state index contributed by atoms with van der Waals surface area (Å²) >= 11 is 1.48. The highest BCUT2D eigenvalue weighted by molar-refractivity contribution is 7.09. The van der Waals surface area contributed by atoms with Crippen LogP contribution in [0, 0.1) is 0 Å². The molecule has 2 saturated carbocycles. The number of rotatable bonds is 6. The van der Waals surface area contributed by atoms with Crippen molar-refractivity contribution in [2.45, 2.75) is 57.0 Å². The summed E-state index contributed by atoms with van der Waals surface area (Å²) in [5.41, 5.74) is 0. The summed E-state index contributed by atoms with van der Waals surface area (Å²) in [6.45, 7) is 1.62. The minimum absolute atomic E-state index is 0.497. The van der Waals surface area contributed by atoms with Gasteiger partial charge in [0.25, 0.3) is 0 Å². The summed E-state index contributed by atoms with van der Waals surface area (Å²) in [7, 11) is 0. The maximum absolute atomic E-state index is 5.87. The fraction of sp³-hybridized carbons (Fsp3) is 0.846. The van der Waals surface area contributed by atoms with Crippen LogP contribution in [0.4, 0.5) is 5.13 Å². The van der Waals surface area contributed by atoms with Crippen molar-refractivity contribution in [2.75, 3.05) is 18.5 Å². The fourth-order valence-corrected chi connectivity index (χ4v) is 3.10. The van der Waals surface area contributed by atoms with E-state index in [-0.39, 0.29) is 0 Å². The van der Waals surface area contributed by atoms with Crippen LogP contribution in [-0.4, -0.2) is 28.6 Å². The summed E-state index contributed by atoms with van der Waals surface area (Å²) in [5.74, 6) is 1.69. The Balaban J connectivity index is 1.33. The quantitative estimate of drug-likeness (QED) is 0.804. The number of anilines is 1. The Bertz CT molecular complexity index is 372. The van der Waals surface area contributed by atoms with Crippen LogP contribution in [0.25, 0.3) is 0 Å². The maximum atomic E-state index is 5.87. The minimum Gasteiger partial charge on any atom is -0.376 e. The van der Waals surface area contributed by atoms with Gasteiger partial charge in [0.2, 0.25) is 5.13 Å². The topological polar surface area (TPSA) is 47.0 Å². The predicted octanol–water partition coefficient (Wildman–Crippen LogP) is 3.18. The van der Waals surface area contributed by atoms with Crippen LogP contribution in [0.3, 0.4) is 0 Å². The second-order valence-corrected chi connectivity index (χ2v) is 6.04. The lowest BCUT2D eigenvalue weighted by molar-refractivity contribution is 0.0347. The third-order valence-corrected chi connectivity index (χ3v) is 4.36. The number of nitrogens with one attached hydrogen (secondary N) is 1. The van der Waals surface area contributed by atoms with E-state index in [1.807, 2.05) is 0 Å². The zero-order valence-corrected chi connectivity index (χ0v) is 11.5. The standard InChI is InChI=1S/C13H21N3OS/c1-2-4-11(5-3-1)17-9-8-14-13-15-12(16-18-13)10-6-7-10/h10-11H,1-9H2,(H,14,15,16). The zero-order valence-electron chi connectivity index (χ0n) is 10.7. The number of nitrogens with zero attached hydrogens (tertiary/aromatic N) is 2. The molecule has 100 valence electrons. The van der Waals surface area contributed by atoms with Crippen LogP contribution in [0.5, 0.6) is 0 Å². The highest BCUT2D eigenvalue weighted by Gasteiger charge is 2.27. The Hall–Kier alpha value is -0.680. The van der Waals surface area contributed by atoms with E-state index in [2.05, 4.69) is 14.7 Å². The average molecular weight is 267 g/mol. The normalized spacial score (nSPS) is 21.1. The molecule has 1 aromatic rings. The first-order chi connectivity index (χ1) is 8.92. The molecule has 0 unspecified atom stereocenters. The second kappa shape index (κ2) is 5.97. The van der Waals surface area contributed by atoms with Crippen molar-refractivity contribution in [3.05, 3.63) is 5.82 Å². The van der Waals surface area contributed by atoms with Gasteiger partial charge in [0, 0.05) is 24.0 Å². The van der Waals surface area contributed by atoms with Crippen molar-refractivity contribution in [3.8, 4) is 0 Å². The molecule has 0 saturated heterocycles. The number of hydrogen-bond donors (Lipinski definition) is 1. The van der Waals surface area contributed by atoms with E-state index in [1.54, 1.807) is 0 Å². The van der Waals surface area contributed by atoms with Crippen LogP contribution >= 0.6 is 11.5 Å². The minimum atomic E-state index is 0.497. The molecule has 18 heavy (non-hydrogen) atoms. The molecule has 1 N–H and O–H groups in total. The van der Waals surface area contributed by atoms with Crippen LogP contribution in [0.15, 0.2) is 0 Å². The van der Waals surface area contributed by atoms with Crippen molar-refractivity contribution >= 4 is 16.7 Å². The summed E-state index contributed by atoms with van der Waals surface area (Å²) in [5, 5.41) is 4.26. The van der Waals surface area contributed by atoms with E-state index >= 15 is 0 Å². The molecule has 0 spiro atoms. The zero-order chi connectivity index (χ0) is 12.2. The van der Waals surface area contributed by atoms with E-state index in [0.29, 0.717) is 12.0 Å². The van der Waals surface area contributed by atoms with Crippen molar-refractivity contribution in [2.24, 2.45) is 0 Å². The predicted molar refractivity (Wildman–Crippen MR) is 73.2 cm³/mol. The molecular weight excluding hydrogens is 246 g/mol. The van der Waals surface area contributed by atoms with Gasteiger partial charge in [-0.05, 0) is 25.7 Å². The molecule has 0 radical (unpaired) electrons. The third-order valence-electron chi connectivity index (χ3n) is 3.67. The van der Waals surface area contributed by atoms with Gasteiger partial charge in [0.1, 0.15) is 5.82 Å². The van der Waals surface area contributed by atoms with Crippen LogP contribution in [0.1, 0.15) is 56.7 Å². The smallest absolute Gasteiger partial charge is 0.202 e. The van der Waals surface area contributed by atoms with Gasteiger partial charge in [-0.2, -0.15) is 4.37 Å². The molecular formula is C13H21N3OS. The molecule has 2 aliphatic carbocycles. The van der Waals surface area contributed by atoms with Gasteiger partial charge >= 0.3 is 0 Å². The lowest BCUT2D eigenvalue weighted by Gasteiger charge is -2.21. The van der Waals surface area contributed by atoms with E-state index < -0.39 is 0 Å². The van der Waals surface area contributed by atoms with Gasteiger partial charge < -0.3 is 10.1 Å². The third kappa shape index (κ3) is 3.42. The molecule has 1 heterocycles. The fourth-order valence-electron chi connectivity index (χ4n) is 2.43. The van der Waals surface area contributed by atoms with Gasteiger partial charge in [-0.3, -0.25) is 0 Å². The molecule has 2 aliphatic rings. The first-order valence-electron chi connectivity index (χ1n) is 7.11. The van der Waals surface area contributed by atoms with E-state index in [1.165, 1.54) is 56.5 Å². The first kappa shape index (κ1) is 12.4. The molecule has 1 aromatic heterocycles. The molecule has 4 nitrogen and oxygen atoms in total. The van der Waals surface area contributed by atoms with E-state index in [0.717, 1.165) is 24.1 Å². The van der Waals surface area contributed by atoms with Gasteiger partial charge in [-0.15, -0.1) is 0 Å². The molecule has 0 amide bonds. The average Bonchev–Trinajstić information content (AvgIpc) is 3.16. The first-order valence-corrected chi connectivity index (χ1v) is 7.88. The maximum Gasteiger partial charge on any atom is 0.202 e. The van der Waals surface area contributed by atoms with Gasteiger partial charge in [0.15, 0.2) is 0 Å². The number of aromatic nitrogens is 2. The highest BCUT2D eigenvalue weighted by Crippen LogP contribution is 2.39. The number of hydrogen-bond acceptors (Lipinski definition) is 5. The van der Waals surface area contributed by atoms with E-state index in [4.69, 9.17) is 4.74 Å². The summed E-state index contributed by atoms with van der Waals surface area (Å²) < 4.78 is 10.2. The summed E-state index contributed by atoms with van der Waals surface area (Å²) in [6, 6.07) is 0. The highest BCUT2D eigenvalue weighted by atomic mass is 32.1. The van der Waals surface area contributed by atoms with Crippen LogP contribution in [0.2, 0.25) is 0 Å². The molecule has 5 heteroatoms. The Morgan fingerprint density at radius 3 is 2.78 bits per heavy atom. The van der Waals surface area contributed by atoms with Crippen LogP contribution in [-0.2, 0) is 4.74 Å². The van der Waals surface area contributed by atoms with Gasteiger partial charge in [0.05, 0.1) is 12.7 Å². The van der Waals surface area contributed by atoms with Crippen LogP contribution < -0.4 is 5.32 Å². The van der Waals surface area contributed by atoms with E-state index in [9.17, 15) is 0 Å². The van der Waals surface area contributed by atoms with Crippen molar-refractivity contribution in [1.29, 1.82) is 0 Å². The van der Waals surface area contributed by atoms with Gasteiger partial charge in [-0.1, -0.05) is 19.3 Å². The Labute approximate surface area is 112 Å². The lowest BCUT2D eigenvalue weighted by atomic mass is 9.98. The molecule has 0 aromatic carbocycles. The largest absolute Gasteiger partial charge is 0.376 e. The summed E-state index contributed by atoms with van der Waals surface area (Å²) in [4.78, 5) is 4.50. The Kier molecular flexibility index (Phi) is 4.10. The molecule has 3 rings (SSSR count). The second-order valence-electron chi connectivity index (χ2n) is 5.29. The molecule has 0 atom stereocenters. The van der Waals surface area contributed by atoms with Crippen molar-refractivity contribution < 1.29 is 4.74 Å². The van der Waals surface area contributed by atoms with Crippen molar-refractivity contribution in [3.63, 3.8) is 0 Å². The SMILES string of the molecule is C1CCC(OCCNc2nc(C3CC3)ns2)CC1. The molecule has 0 aliphatic heterocycles. The Morgan fingerprint density at radius 1 is 1.17 bits per heavy atom. The monoisotopic (exact) mass is 267 g/mol. The van der Waals surface area contributed by atoms with Crippen molar-refractivity contribution in [1.82, 2.24) is 9.36 Å².